The Morgan fingerprint density at radius 1 is 0.979 bits per heavy atom. The third-order valence-corrected chi connectivity index (χ3v) is 9.89. The van der Waals surface area contributed by atoms with E-state index < -0.39 is 17.8 Å². The number of hydrogen-bond acceptors (Lipinski definition) is 7. The molecule has 0 aliphatic heterocycles. The van der Waals surface area contributed by atoms with Crippen LogP contribution in [0, 0.1) is 12.8 Å². The molecule has 242 valence electrons. The molecule has 1 heterocycles. The van der Waals surface area contributed by atoms with Crippen LogP contribution in [0.25, 0.3) is 6.08 Å². The molecule has 1 atom stereocenters. The van der Waals surface area contributed by atoms with Crippen molar-refractivity contribution in [3.63, 3.8) is 0 Å². The zero-order chi connectivity index (χ0) is 33.3. The number of carbonyl (C=O) groups is 4. The number of rotatable bonds is 11. The first kappa shape index (κ1) is 33.7. The van der Waals surface area contributed by atoms with Gasteiger partial charge in [-0.25, -0.2) is 4.79 Å². The maximum atomic E-state index is 13.5. The number of amides is 3. The van der Waals surface area contributed by atoms with E-state index in [1.54, 1.807) is 55.5 Å². The summed E-state index contributed by atoms with van der Waals surface area (Å²) < 4.78 is 5.32. The number of ether oxygens (including phenoxy) is 1. The lowest BCUT2D eigenvalue weighted by atomic mass is 9.88. The highest BCUT2D eigenvalue weighted by molar-refractivity contribution is 8.00. The average Bonchev–Trinajstić information content (AvgIpc) is 3.41. The minimum absolute atomic E-state index is 0.0935. The van der Waals surface area contributed by atoms with Gasteiger partial charge in [0.15, 0.2) is 0 Å². The fourth-order valence-corrected chi connectivity index (χ4v) is 7.45. The van der Waals surface area contributed by atoms with Crippen molar-refractivity contribution >= 4 is 63.6 Å². The summed E-state index contributed by atoms with van der Waals surface area (Å²) in [4.78, 5) is 54.3. The number of esters is 1. The van der Waals surface area contributed by atoms with Gasteiger partial charge in [0.1, 0.15) is 10.7 Å². The SMILES string of the molecule is CCOC(=O)c1c(NC(=O)CSc2cccc(NC(=O)/C(=C/c3ccccc3C)NC(=O)c3ccccc3)c2)sc2c1CCC(C)C2. The molecule has 1 unspecified atom stereocenters. The van der Waals surface area contributed by atoms with Crippen molar-refractivity contribution in [2.45, 2.75) is 44.9 Å². The number of anilines is 2. The molecule has 4 aromatic rings. The molecule has 1 aromatic heterocycles. The average molecular weight is 668 g/mol. The summed E-state index contributed by atoms with van der Waals surface area (Å²) in [6.45, 7) is 6.16. The third kappa shape index (κ3) is 8.78. The molecular formula is C37H37N3O5S2. The Bertz CT molecular complexity index is 1820. The molecule has 0 spiro atoms. The second kappa shape index (κ2) is 15.8. The highest BCUT2D eigenvalue weighted by Gasteiger charge is 2.29. The molecule has 0 bridgehead atoms. The number of carbonyl (C=O) groups excluding carboxylic acids is 4. The highest BCUT2D eigenvalue weighted by Crippen LogP contribution is 2.40. The van der Waals surface area contributed by atoms with E-state index in [1.807, 2.05) is 43.3 Å². The largest absolute Gasteiger partial charge is 0.462 e. The number of hydrogen-bond donors (Lipinski definition) is 3. The fourth-order valence-electron chi connectivity index (χ4n) is 5.28. The highest BCUT2D eigenvalue weighted by atomic mass is 32.2. The van der Waals surface area contributed by atoms with Crippen molar-refractivity contribution in [3.05, 3.63) is 117 Å². The molecule has 10 heteroatoms. The van der Waals surface area contributed by atoms with Crippen molar-refractivity contribution in [2.75, 3.05) is 23.0 Å². The molecular weight excluding hydrogens is 631 g/mol. The smallest absolute Gasteiger partial charge is 0.341 e. The molecule has 0 radical (unpaired) electrons. The van der Waals surface area contributed by atoms with E-state index in [0.717, 1.165) is 45.7 Å². The van der Waals surface area contributed by atoms with Crippen LogP contribution in [0.2, 0.25) is 0 Å². The maximum absolute atomic E-state index is 13.5. The molecule has 1 aliphatic carbocycles. The number of nitrogens with one attached hydrogen (secondary N) is 3. The predicted octanol–water partition coefficient (Wildman–Crippen LogP) is 7.50. The monoisotopic (exact) mass is 667 g/mol. The van der Waals surface area contributed by atoms with Gasteiger partial charge in [-0.15, -0.1) is 23.1 Å². The van der Waals surface area contributed by atoms with Gasteiger partial charge in [0, 0.05) is 21.0 Å². The van der Waals surface area contributed by atoms with E-state index in [0.29, 0.717) is 27.7 Å². The summed E-state index contributed by atoms with van der Waals surface area (Å²) in [5.41, 5.74) is 4.26. The molecule has 0 saturated heterocycles. The minimum atomic E-state index is -0.486. The van der Waals surface area contributed by atoms with Crippen LogP contribution in [0.3, 0.4) is 0 Å². The molecule has 1 aliphatic rings. The van der Waals surface area contributed by atoms with Gasteiger partial charge in [-0.05, 0) is 92.1 Å². The van der Waals surface area contributed by atoms with Crippen LogP contribution >= 0.6 is 23.1 Å². The van der Waals surface area contributed by atoms with Crippen molar-refractivity contribution in [3.8, 4) is 0 Å². The van der Waals surface area contributed by atoms with Gasteiger partial charge in [0.05, 0.1) is 17.9 Å². The topological polar surface area (TPSA) is 114 Å². The first-order valence-corrected chi connectivity index (χ1v) is 17.3. The van der Waals surface area contributed by atoms with E-state index in [9.17, 15) is 19.2 Å². The third-order valence-electron chi connectivity index (χ3n) is 7.72. The summed E-state index contributed by atoms with van der Waals surface area (Å²) in [5, 5.41) is 9.15. The Hall–Kier alpha value is -4.67. The lowest BCUT2D eigenvalue weighted by molar-refractivity contribution is -0.114. The molecule has 8 nitrogen and oxygen atoms in total. The van der Waals surface area contributed by atoms with E-state index >= 15 is 0 Å². The normalized spacial score (nSPS) is 14.1. The van der Waals surface area contributed by atoms with Crippen LogP contribution < -0.4 is 16.0 Å². The van der Waals surface area contributed by atoms with Crippen molar-refractivity contribution in [1.82, 2.24) is 5.32 Å². The Labute approximate surface area is 283 Å². The summed E-state index contributed by atoms with van der Waals surface area (Å²) in [5.74, 6) is -0.903. The van der Waals surface area contributed by atoms with E-state index in [-0.39, 0.29) is 24.0 Å². The zero-order valence-electron chi connectivity index (χ0n) is 26.6. The lowest BCUT2D eigenvalue weighted by Crippen LogP contribution is -2.30. The molecule has 3 aromatic carbocycles. The first-order chi connectivity index (χ1) is 22.7. The Balaban J connectivity index is 1.27. The Morgan fingerprint density at radius 3 is 2.51 bits per heavy atom. The molecule has 0 saturated carbocycles. The Kier molecular flexibility index (Phi) is 11.3. The van der Waals surface area contributed by atoms with Crippen LogP contribution in [0.4, 0.5) is 10.7 Å². The summed E-state index contributed by atoms with van der Waals surface area (Å²) in [7, 11) is 0. The zero-order valence-corrected chi connectivity index (χ0v) is 28.2. The van der Waals surface area contributed by atoms with Gasteiger partial charge in [0.25, 0.3) is 11.8 Å². The van der Waals surface area contributed by atoms with E-state index in [4.69, 9.17) is 4.74 Å². The van der Waals surface area contributed by atoms with Gasteiger partial charge >= 0.3 is 5.97 Å². The Morgan fingerprint density at radius 2 is 1.74 bits per heavy atom. The first-order valence-electron chi connectivity index (χ1n) is 15.5. The number of aryl methyl sites for hydroxylation is 1. The molecule has 3 amide bonds. The number of fused-ring (bicyclic) bond motifs is 1. The standard InChI is InChI=1S/C37H37N3O5S2/c1-4-45-37(44)33-29-18-17-23(2)19-31(29)47-36(33)40-32(41)22-46-28-16-10-15-27(21-28)38-35(43)30(20-26-14-9-8-11-24(26)3)39-34(42)25-12-6-5-7-13-25/h5-16,20-21,23H,4,17-19,22H2,1-3H3,(H,38,43)(H,39,42)(H,40,41)/b30-20-. The van der Waals surface area contributed by atoms with Crippen molar-refractivity contribution in [2.24, 2.45) is 5.92 Å². The van der Waals surface area contributed by atoms with Gasteiger partial charge in [0.2, 0.25) is 5.91 Å². The van der Waals surface area contributed by atoms with Crippen LogP contribution in [0.15, 0.2) is 89.5 Å². The van der Waals surface area contributed by atoms with E-state index in [2.05, 4.69) is 22.9 Å². The number of thioether (sulfide) groups is 1. The minimum Gasteiger partial charge on any atom is -0.462 e. The molecule has 0 fully saturated rings. The van der Waals surface area contributed by atoms with Crippen molar-refractivity contribution < 1.29 is 23.9 Å². The van der Waals surface area contributed by atoms with Gasteiger partial charge < -0.3 is 20.7 Å². The quantitative estimate of drug-likeness (QED) is 0.0868. The molecule has 47 heavy (non-hydrogen) atoms. The van der Waals surface area contributed by atoms with Gasteiger partial charge in [-0.3, -0.25) is 14.4 Å². The predicted molar refractivity (Wildman–Crippen MR) is 189 cm³/mol. The van der Waals surface area contributed by atoms with Gasteiger partial charge in [-0.2, -0.15) is 0 Å². The van der Waals surface area contributed by atoms with Gasteiger partial charge in [-0.1, -0.05) is 55.5 Å². The second-order valence-electron chi connectivity index (χ2n) is 11.3. The van der Waals surface area contributed by atoms with Crippen LogP contribution in [-0.2, 0) is 27.2 Å². The molecule has 3 N–H and O–H groups in total. The fraction of sp³-hybridized carbons (Fsp3) is 0.243. The van der Waals surface area contributed by atoms with Crippen LogP contribution in [0.5, 0.6) is 0 Å². The summed E-state index contributed by atoms with van der Waals surface area (Å²) in [6, 6.07) is 23.4. The maximum Gasteiger partial charge on any atom is 0.341 e. The summed E-state index contributed by atoms with van der Waals surface area (Å²) in [6.07, 6.45) is 4.33. The number of thiophene rings is 1. The summed E-state index contributed by atoms with van der Waals surface area (Å²) >= 11 is 2.77. The van der Waals surface area contributed by atoms with Crippen molar-refractivity contribution in [1.29, 1.82) is 0 Å². The van der Waals surface area contributed by atoms with Crippen LogP contribution in [-0.4, -0.2) is 36.1 Å². The lowest BCUT2D eigenvalue weighted by Gasteiger charge is -2.18. The second-order valence-corrected chi connectivity index (χ2v) is 13.5. The molecule has 5 rings (SSSR count). The van der Waals surface area contributed by atoms with E-state index in [1.165, 1.54) is 23.1 Å². The number of benzene rings is 3. The van der Waals surface area contributed by atoms with Crippen LogP contribution in [0.1, 0.15) is 62.6 Å².